The van der Waals surface area contributed by atoms with Crippen LogP contribution in [0.1, 0.15) is 42.9 Å². The second-order valence-corrected chi connectivity index (χ2v) is 8.70. The van der Waals surface area contributed by atoms with Crippen molar-refractivity contribution >= 4 is 0 Å². The quantitative estimate of drug-likeness (QED) is 0.241. The molecule has 0 aromatic heterocycles. The van der Waals surface area contributed by atoms with Crippen LogP contribution in [0, 0.1) is 23.3 Å². The number of benzene rings is 4. The summed E-state index contributed by atoms with van der Waals surface area (Å²) in [6.45, 7) is 3.97. The van der Waals surface area contributed by atoms with Crippen LogP contribution in [0.25, 0.3) is 22.3 Å². The van der Waals surface area contributed by atoms with Gasteiger partial charge in [-0.25, -0.2) is 17.6 Å². The number of hydrogen-bond acceptors (Lipinski definition) is 0. The zero-order valence-electron chi connectivity index (χ0n) is 19.2. The molecule has 174 valence electrons. The molecule has 0 N–H and O–H groups in total. The first-order valence-electron chi connectivity index (χ1n) is 11.5. The highest BCUT2D eigenvalue weighted by atomic mass is 19.1. The minimum Gasteiger partial charge on any atom is -0.207 e. The molecule has 0 nitrogen and oxygen atoms in total. The lowest BCUT2D eigenvalue weighted by molar-refractivity contribution is 0.552. The van der Waals surface area contributed by atoms with Gasteiger partial charge in [-0.2, -0.15) is 0 Å². The van der Waals surface area contributed by atoms with E-state index in [0.29, 0.717) is 23.5 Å². The molecule has 0 fully saturated rings. The van der Waals surface area contributed by atoms with Crippen molar-refractivity contribution in [1.29, 1.82) is 0 Å². The Morgan fingerprint density at radius 2 is 1.21 bits per heavy atom. The molecule has 0 aliphatic rings. The molecule has 0 aliphatic heterocycles. The zero-order chi connectivity index (χ0) is 24.2. The van der Waals surface area contributed by atoms with E-state index >= 15 is 0 Å². The lowest BCUT2D eigenvalue weighted by Crippen LogP contribution is -1.99. The van der Waals surface area contributed by atoms with Gasteiger partial charge in [0.15, 0.2) is 0 Å². The molecule has 4 aromatic carbocycles. The first kappa shape index (κ1) is 23.7. The van der Waals surface area contributed by atoms with Crippen molar-refractivity contribution in [3.8, 4) is 22.3 Å². The van der Waals surface area contributed by atoms with Gasteiger partial charge in [0.2, 0.25) is 0 Å². The molecule has 1 atom stereocenters. The number of hydrogen-bond donors (Lipinski definition) is 0. The van der Waals surface area contributed by atoms with Crippen LogP contribution in [-0.4, -0.2) is 0 Å². The van der Waals surface area contributed by atoms with Gasteiger partial charge in [0.25, 0.3) is 0 Å². The van der Waals surface area contributed by atoms with Crippen LogP contribution in [0.5, 0.6) is 0 Å². The normalized spacial score (nSPS) is 12.1. The van der Waals surface area contributed by atoms with E-state index in [4.69, 9.17) is 0 Å². The topological polar surface area (TPSA) is 0 Å². The van der Waals surface area contributed by atoms with Gasteiger partial charge < -0.3 is 0 Å². The maximum atomic E-state index is 14.9. The molecule has 0 saturated heterocycles. The van der Waals surface area contributed by atoms with E-state index in [9.17, 15) is 17.6 Å². The molecule has 0 saturated carbocycles. The number of rotatable bonds is 7. The van der Waals surface area contributed by atoms with E-state index in [1.54, 1.807) is 6.92 Å². The Bertz CT molecular complexity index is 1230. The summed E-state index contributed by atoms with van der Waals surface area (Å²) in [6, 6.07) is 22.2. The highest BCUT2D eigenvalue weighted by molar-refractivity contribution is 5.72. The van der Waals surface area contributed by atoms with Gasteiger partial charge in [0.1, 0.15) is 23.3 Å². The molecule has 0 aliphatic carbocycles. The van der Waals surface area contributed by atoms with Crippen LogP contribution in [0.15, 0.2) is 78.9 Å². The molecule has 0 heterocycles. The second-order valence-electron chi connectivity index (χ2n) is 8.70. The Balaban J connectivity index is 1.59. The molecule has 4 rings (SSSR count). The minimum atomic E-state index is -0.862. The molecule has 0 unspecified atom stereocenters. The van der Waals surface area contributed by atoms with Gasteiger partial charge in [-0.1, -0.05) is 74.9 Å². The highest BCUT2D eigenvalue weighted by Gasteiger charge is 2.18. The predicted octanol–water partition coefficient (Wildman–Crippen LogP) is 8.88. The van der Waals surface area contributed by atoms with E-state index in [-0.39, 0.29) is 17.5 Å². The monoisotopic (exact) mass is 462 g/mol. The Kier molecular flexibility index (Phi) is 7.16. The fraction of sp³-hybridized carbons (Fsp3) is 0.200. The standard InChI is InChI=1S/C30H26F4/c1-3-7-25-26(31)17-24(18-27(25)32)30-28(33)15-23(16-29(30)34)22-12-10-20(11-13-22)14-19(2)21-8-5-4-6-9-21/h4-6,8-13,15-19H,3,7,14H2,1-2H3/t19-/m1/s1. The van der Waals surface area contributed by atoms with Gasteiger partial charge >= 0.3 is 0 Å². The Morgan fingerprint density at radius 1 is 0.647 bits per heavy atom. The van der Waals surface area contributed by atoms with E-state index in [1.807, 2.05) is 42.5 Å². The SMILES string of the molecule is CCCc1c(F)cc(-c2c(F)cc(-c3ccc(C[C@@H](C)c4ccccc4)cc3)cc2F)cc1F. The molecule has 4 heteroatoms. The van der Waals surface area contributed by atoms with Crippen molar-refractivity contribution in [2.45, 2.75) is 39.0 Å². The summed E-state index contributed by atoms with van der Waals surface area (Å²) < 4.78 is 58.6. The molecular formula is C30H26F4. The fourth-order valence-corrected chi connectivity index (χ4v) is 4.34. The lowest BCUT2D eigenvalue weighted by Gasteiger charge is -2.13. The summed E-state index contributed by atoms with van der Waals surface area (Å²) in [7, 11) is 0. The van der Waals surface area contributed by atoms with Crippen LogP contribution in [0.4, 0.5) is 17.6 Å². The van der Waals surface area contributed by atoms with E-state index in [2.05, 4.69) is 19.1 Å². The van der Waals surface area contributed by atoms with Crippen LogP contribution >= 0.6 is 0 Å². The van der Waals surface area contributed by atoms with Crippen molar-refractivity contribution in [2.24, 2.45) is 0 Å². The molecule has 0 spiro atoms. The Hall–Kier alpha value is -3.40. The maximum absolute atomic E-state index is 14.9. The highest BCUT2D eigenvalue weighted by Crippen LogP contribution is 2.33. The lowest BCUT2D eigenvalue weighted by atomic mass is 9.92. The zero-order valence-corrected chi connectivity index (χ0v) is 19.2. The van der Waals surface area contributed by atoms with Gasteiger partial charge in [-0.05, 0) is 70.8 Å². The van der Waals surface area contributed by atoms with E-state index < -0.39 is 28.8 Å². The Morgan fingerprint density at radius 3 is 1.76 bits per heavy atom. The summed E-state index contributed by atoms with van der Waals surface area (Å²) >= 11 is 0. The minimum absolute atomic E-state index is 0.0645. The van der Waals surface area contributed by atoms with E-state index in [0.717, 1.165) is 24.1 Å². The number of halogens is 4. The van der Waals surface area contributed by atoms with Crippen molar-refractivity contribution in [3.63, 3.8) is 0 Å². The van der Waals surface area contributed by atoms with Crippen molar-refractivity contribution in [2.75, 3.05) is 0 Å². The van der Waals surface area contributed by atoms with Crippen LogP contribution in [-0.2, 0) is 12.8 Å². The van der Waals surface area contributed by atoms with Gasteiger partial charge in [-0.15, -0.1) is 0 Å². The third kappa shape index (κ3) is 5.06. The van der Waals surface area contributed by atoms with Crippen molar-refractivity contribution in [3.05, 3.63) is 119 Å². The van der Waals surface area contributed by atoms with Crippen LogP contribution in [0.2, 0.25) is 0 Å². The molecule has 4 aromatic rings. The molecule has 0 radical (unpaired) electrons. The smallest absolute Gasteiger partial charge is 0.134 e. The summed E-state index contributed by atoms with van der Waals surface area (Å²) in [5.41, 5.74) is 2.75. The van der Waals surface area contributed by atoms with Crippen LogP contribution in [0.3, 0.4) is 0 Å². The largest absolute Gasteiger partial charge is 0.207 e. The van der Waals surface area contributed by atoms with Gasteiger partial charge in [0.05, 0.1) is 5.56 Å². The summed E-state index contributed by atoms with van der Waals surface area (Å²) in [5, 5.41) is 0. The average molecular weight is 463 g/mol. The van der Waals surface area contributed by atoms with E-state index in [1.165, 1.54) is 17.7 Å². The first-order valence-corrected chi connectivity index (χ1v) is 11.5. The van der Waals surface area contributed by atoms with Crippen molar-refractivity contribution in [1.82, 2.24) is 0 Å². The summed E-state index contributed by atoms with van der Waals surface area (Å²) in [5.74, 6) is -2.97. The molecule has 34 heavy (non-hydrogen) atoms. The maximum Gasteiger partial charge on any atom is 0.134 e. The van der Waals surface area contributed by atoms with Gasteiger partial charge in [-0.3, -0.25) is 0 Å². The second kappa shape index (κ2) is 10.3. The molecule has 0 bridgehead atoms. The molecule has 0 amide bonds. The summed E-state index contributed by atoms with van der Waals surface area (Å²) in [6.07, 6.45) is 1.63. The Labute approximate surface area is 197 Å². The third-order valence-electron chi connectivity index (χ3n) is 6.17. The fourth-order valence-electron chi connectivity index (χ4n) is 4.34. The van der Waals surface area contributed by atoms with Crippen molar-refractivity contribution < 1.29 is 17.6 Å². The third-order valence-corrected chi connectivity index (χ3v) is 6.17. The predicted molar refractivity (Wildman–Crippen MR) is 130 cm³/mol. The summed E-state index contributed by atoms with van der Waals surface area (Å²) in [4.78, 5) is 0. The average Bonchev–Trinajstić information content (AvgIpc) is 2.82. The van der Waals surface area contributed by atoms with Crippen LogP contribution < -0.4 is 0 Å². The molecular weight excluding hydrogens is 436 g/mol. The first-order chi connectivity index (χ1) is 16.4. The van der Waals surface area contributed by atoms with Gasteiger partial charge in [0, 0.05) is 5.56 Å².